The van der Waals surface area contributed by atoms with Crippen molar-refractivity contribution < 1.29 is 0 Å². The molecule has 0 spiro atoms. The number of aryl methyl sites for hydroxylation is 1. The van der Waals surface area contributed by atoms with Crippen LogP contribution in [0.2, 0.25) is 0 Å². The van der Waals surface area contributed by atoms with Gasteiger partial charge in [-0.1, -0.05) is 50.3 Å². The van der Waals surface area contributed by atoms with Gasteiger partial charge < -0.3 is 11.1 Å². The van der Waals surface area contributed by atoms with Gasteiger partial charge in [0, 0.05) is 11.4 Å². The van der Waals surface area contributed by atoms with Gasteiger partial charge in [0.2, 0.25) is 0 Å². The molecule has 0 amide bonds. The zero-order valence-corrected chi connectivity index (χ0v) is 14.5. The molecular weight excluding hydrogens is 306 g/mol. The largest absolute Gasteiger partial charge is 0.397 e. The number of aliphatic imine (C=N–C) groups is 1. The summed E-state index contributed by atoms with van der Waals surface area (Å²) in [5.74, 6) is 0. The van der Waals surface area contributed by atoms with Crippen molar-refractivity contribution in [2.45, 2.75) is 19.8 Å². The van der Waals surface area contributed by atoms with Crippen molar-refractivity contribution in [3.8, 4) is 0 Å². The Labute approximate surface area is 149 Å². The van der Waals surface area contributed by atoms with E-state index in [2.05, 4.69) is 31.0 Å². The minimum absolute atomic E-state index is 0.626. The molecule has 2 aromatic rings. The zero-order chi connectivity index (χ0) is 17.6. The molecule has 126 valence electrons. The lowest BCUT2D eigenvalue weighted by molar-refractivity contribution is 0.922. The molecule has 0 saturated carbocycles. The second-order valence-corrected chi connectivity index (χ2v) is 6.09. The minimum atomic E-state index is 0.626. The summed E-state index contributed by atoms with van der Waals surface area (Å²) in [7, 11) is 0. The van der Waals surface area contributed by atoms with E-state index in [4.69, 9.17) is 10.7 Å². The number of hydrogen-bond acceptors (Lipinski definition) is 3. The molecule has 0 bridgehead atoms. The number of allylic oxidation sites excluding steroid dienone is 2. The fraction of sp³-hybridized carbons (Fsp3) is 0.136. The maximum absolute atomic E-state index is 6.15. The maximum Gasteiger partial charge on any atom is 0.0887 e. The molecule has 0 atom stereocenters. The fourth-order valence-electron chi connectivity index (χ4n) is 2.71. The second kappa shape index (κ2) is 7.67. The fourth-order valence-corrected chi connectivity index (χ4v) is 2.71. The van der Waals surface area contributed by atoms with Crippen molar-refractivity contribution in [3.63, 3.8) is 0 Å². The van der Waals surface area contributed by atoms with Gasteiger partial charge in [0.05, 0.1) is 17.1 Å². The van der Waals surface area contributed by atoms with Crippen molar-refractivity contribution >= 4 is 17.1 Å². The number of nitrogens with one attached hydrogen (secondary N) is 1. The standard InChI is InChI=1S/C22H23N3/c1-3-7-17-10-12-19(13-11-17)25-22-15-21(16(2)14-20(22)23)24-18-8-5-4-6-9-18/h4-6,8-15,24H,2-3,7,23H2,1H3. The summed E-state index contributed by atoms with van der Waals surface area (Å²) in [4.78, 5) is 4.69. The van der Waals surface area contributed by atoms with E-state index in [9.17, 15) is 0 Å². The van der Waals surface area contributed by atoms with Crippen molar-refractivity contribution in [1.29, 1.82) is 0 Å². The summed E-state index contributed by atoms with van der Waals surface area (Å²) in [5, 5.41) is 3.37. The molecule has 0 heterocycles. The summed E-state index contributed by atoms with van der Waals surface area (Å²) >= 11 is 0. The van der Waals surface area contributed by atoms with Crippen molar-refractivity contribution in [2.75, 3.05) is 5.32 Å². The van der Waals surface area contributed by atoms with Crippen LogP contribution in [0.4, 0.5) is 11.4 Å². The number of rotatable bonds is 5. The number of anilines is 1. The normalized spacial score (nSPS) is 15.7. The Morgan fingerprint density at radius 3 is 2.40 bits per heavy atom. The third-order valence-corrected chi connectivity index (χ3v) is 4.03. The molecule has 0 aromatic heterocycles. The van der Waals surface area contributed by atoms with Gasteiger partial charge >= 0.3 is 0 Å². The first kappa shape index (κ1) is 16.8. The molecule has 1 aliphatic carbocycles. The molecule has 25 heavy (non-hydrogen) atoms. The van der Waals surface area contributed by atoms with E-state index in [0.717, 1.165) is 41.2 Å². The van der Waals surface area contributed by atoms with E-state index in [1.807, 2.05) is 54.6 Å². The first-order chi connectivity index (χ1) is 12.2. The smallest absolute Gasteiger partial charge is 0.0887 e. The van der Waals surface area contributed by atoms with E-state index in [0.29, 0.717) is 5.70 Å². The molecule has 3 rings (SSSR count). The lowest BCUT2D eigenvalue weighted by Gasteiger charge is -2.17. The molecule has 2 aromatic carbocycles. The van der Waals surface area contributed by atoms with Crippen LogP contribution >= 0.6 is 0 Å². The summed E-state index contributed by atoms with van der Waals surface area (Å²) in [6, 6.07) is 18.3. The van der Waals surface area contributed by atoms with Crippen LogP contribution in [0.1, 0.15) is 18.9 Å². The third-order valence-electron chi connectivity index (χ3n) is 4.03. The summed E-state index contributed by atoms with van der Waals surface area (Å²) in [6.45, 7) is 6.25. The molecule has 0 radical (unpaired) electrons. The monoisotopic (exact) mass is 329 g/mol. The number of hydrogen-bond donors (Lipinski definition) is 2. The molecule has 3 heteroatoms. The molecule has 1 aliphatic rings. The highest BCUT2D eigenvalue weighted by Gasteiger charge is 2.13. The van der Waals surface area contributed by atoms with Crippen LogP contribution in [-0.4, -0.2) is 5.71 Å². The number of benzene rings is 2. The van der Waals surface area contributed by atoms with Crippen LogP contribution in [-0.2, 0) is 6.42 Å². The van der Waals surface area contributed by atoms with Gasteiger partial charge in [-0.3, -0.25) is 0 Å². The van der Waals surface area contributed by atoms with Crippen LogP contribution in [0.5, 0.6) is 0 Å². The van der Waals surface area contributed by atoms with Crippen LogP contribution < -0.4 is 11.1 Å². The summed E-state index contributed by atoms with van der Waals surface area (Å²) < 4.78 is 0. The van der Waals surface area contributed by atoms with E-state index in [-0.39, 0.29) is 0 Å². The zero-order valence-electron chi connectivity index (χ0n) is 14.5. The van der Waals surface area contributed by atoms with Crippen LogP contribution in [0.3, 0.4) is 0 Å². The molecular formula is C22H23N3. The van der Waals surface area contributed by atoms with Crippen LogP contribution in [0.15, 0.2) is 95.3 Å². The van der Waals surface area contributed by atoms with Gasteiger partial charge in [-0.25, -0.2) is 4.99 Å². The summed E-state index contributed by atoms with van der Waals surface area (Å²) in [6.07, 6.45) is 6.03. The number of para-hydroxylation sites is 1. The van der Waals surface area contributed by atoms with Crippen molar-refractivity contribution in [2.24, 2.45) is 10.7 Å². The first-order valence-corrected chi connectivity index (χ1v) is 8.54. The highest BCUT2D eigenvalue weighted by molar-refractivity contribution is 6.11. The molecule has 3 nitrogen and oxygen atoms in total. The van der Waals surface area contributed by atoms with Gasteiger partial charge in [0.1, 0.15) is 0 Å². The van der Waals surface area contributed by atoms with Crippen molar-refractivity contribution in [3.05, 3.63) is 95.9 Å². The van der Waals surface area contributed by atoms with Gasteiger partial charge in [-0.2, -0.15) is 0 Å². The Morgan fingerprint density at radius 1 is 1.00 bits per heavy atom. The highest BCUT2D eigenvalue weighted by Crippen LogP contribution is 2.23. The SMILES string of the molecule is C=C1C=C(N)C(=Nc2ccc(CCC)cc2)C=C1Nc1ccccc1. The number of nitrogens with two attached hydrogens (primary N) is 1. The lowest BCUT2D eigenvalue weighted by Crippen LogP contribution is -2.17. The Hall–Kier alpha value is -3.07. The predicted molar refractivity (Wildman–Crippen MR) is 107 cm³/mol. The Balaban J connectivity index is 1.85. The maximum atomic E-state index is 6.15. The van der Waals surface area contributed by atoms with Gasteiger partial charge in [0.15, 0.2) is 0 Å². The van der Waals surface area contributed by atoms with Gasteiger partial charge in [-0.15, -0.1) is 0 Å². The second-order valence-electron chi connectivity index (χ2n) is 6.09. The highest BCUT2D eigenvalue weighted by atomic mass is 14.9. The lowest BCUT2D eigenvalue weighted by atomic mass is 10.0. The van der Waals surface area contributed by atoms with Crippen molar-refractivity contribution in [1.82, 2.24) is 0 Å². The predicted octanol–water partition coefficient (Wildman–Crippen LogP) is 5.12. The molecule has 0 saturated heterocycles. The first-order valence-electron chi connectivity index (χ1n) is 8.54. The average molecular weight is 329 g/mol. The number of nitrogens with zero attached hydrogens (tertiary/aromatic N) is 1. The van der Waals surface area contributed by atoms with Gasteiger partial charge in [-0.05, 0) is 54.0 Å². The third kappa shape index (κ3) is 4.27. The minimum Gasteiger partial charge on any atom is -0.397 e. The van der Waals surface area contributed by atoms with E-state index in [1.165, 1.54) is 5.56 Å². The van der Waals surface area contributed by atoms with E-state index >= 15 is 0 Å². The molecule has 3 N–H and O–H groups in total. The Kier molecular flexibility index (Phi) is 5.14. The summed E-state index contributed by atoms with van der Waals surface area (Å²) in [5.41, 5.74) is 12.5. The Morgan fingerprint density at radius 2 is 1.72 bits per heavy atom. The van der Waals surface area contributed by atoms with Crippen LogP contribution in [0.25, 0.3) is 0 Å². The molecule has 0 aliphatic heterocycles. The Bertz CT molecular complexity index is 841. The van der Waals surface area contributed by atoms with Gasteiger partial charge in [0.25, 0.3) is 0 Å². The average Bonchev–Trinajstić information content (AvgIpc) is 2.62. The molecule has 0 fully saturated rings. The van der Waals surface area contributed by atoms with E-state index in [1.54, 1.807) is 0 Å². The topological polar surface area (TPSA) is 50.4 Å². The quantitative estimate of drug-likeness (QED) is 0.800. The molecule has 0 unspecified atom stereocenters. The van der Waals surface area contributed by atoms with E-state index < -0.39 is 0 Å². The van der Waals surface area contributed by atoms with Crippen LogP contribution in [0, 0.1) is 0 Å².